The molecule has 1 aliphatic rings. The van der Waals surface area contributed by atoms with Crippen LogP contribution in [0.2, 0.25) is 0 Å². The number of hydrogen-bond acceptors (Lipinski definition) is 17. The van der Waals surface area contributed by atoms with Crippen molar-refractivity contribution in [1.29, 1.82) is 0 Å². The molecule has 0 bridgehead atoms. The third-order valence-corrected chi connectivity index (χ3v) is 14.7. The van der Waals surface area contributed by atoms with Crippen molar-refractivity contribution in [2.45, 2.75) is 125 Å². The number of amides is 10. The number of fused-ring (bicyclic) bond motifs is 1. The van der Waals surface area contributed by atoms with E-state index in [9.17, 15) is 83.4 Å². The molecule has 6 rings (SSSR count). The monoisotopic (exact) mass is 1230 g/mol. The molecule has 0 saturated carbocycles. The second-order valence-electron chi connectivity index (χ2n) is 21.5. The molecule has 1 fully saturated rings. The maximum absolute atomic E-state index is 15.0. The van der Waals surface area contributed by atoms with Crippen LogP contribution in [-0.4, -0.2) is 192 Å². The Labute approximate surface area is 509 Å². The molecule has 0 spiro atoms. The SMILES string of the molecule is C[C@H](NC(=O)[C@H](Cc1c[nH]c2ccccc12)NC(=O)[C@H](Cc1ccc(O)cc1)NC(=O)[C@H](Cc1ccc(O)cc1)NC(=O)[C@H](CC(N)=O)NC(=O)[C@H](CO)NC(=O)[C@@H](N)[C@@H](C)O)C(=O)N[C@@H](Cc1ccccc1)C(=O)N1CCC[C@H]1C(=O)N[C@@H](CO)C(=O)O. The molecule has 89 heavy (non-hydrogen) atoms. The van der Waals surface area contributed by atoms with Gasteiger partial charge in [0, 0.05) is 49.3 Å². The summed E-state index contributed by atoms with van der Waals surface area (Å²) in [6, 6.07) is 10.9. The Morgan fingerprint density at radius 3 is 1.55 bits per heavy atom. The molecule has 1 aliphatic heterocycles. The number of aliphatic hydroxyl groups excluding tert-OH is 3. The van der Waals surface area contributed by atoms with Crippen LogP contribution in [0.1, 0.15) is 55.4 Å². The first-order chi connectivity index (χ1) is 42.3. The van der Waals surface area contributed by atoms with Gasteiger partial charge in [-0.15, -0.1) is 0 Å². The number of para-hydroxylation sites is 1. The van der Waals surface area contributed by atoms with Crippen molar-refractivity contribution in [3.05, 3.63) is 132 Å². The van der Waals surface area contributed by atoms with E-state index in [4.69, 9.17) is 11.5 Å². The quantitative estimate of drug-likeness (QED) is 0.0204. The number of nitrogens with zero attached hydrogens (tertiary/aromatic N) is 1. The maximum Gasteiger partial charge on any atom is 0.328 e. The van der Waals surface area contributed by atoms with E-state index in [1.165, 1.54) is 67.3 Å². The average molecular weight is 1240 g/mol. The van der Waals surface area contributed by atoms with Gasteiger partial charge in [-0.1, -0.05) is 72.8 Å². The molecule has 4 aromatic carbocycles. The molecular weight excluding hydrogens is 1160 g/mol. The van der Waals surface area contributed by atoms with E-state index in [0.717, 1.165) is 0 Å². The van der Waals surface area contributed by atoms with Gasteiger partial charge in [0.2, 0.25) is 59.1 Å². The third kappa shape index (κ3) is 19.5. The summed E-state index contributed by atoms with van der Waals surface area (Å²) >= 11 is 0. The molecular formula is C60H74N12O17. The lowest BCUT2D eigenvalue weighted by molar-refractivity contribution is -0.145. The largest absolute Gasteiger partial charge is 0.508 e. The topological polar surface area (TPSA) is 476 Å². The number of aromatic hydroxyl groups is 2. The van der Waals surface area contributed by atoms with Crippen LogP contribution in [0.15, 0.2) is 109 Å². The Morgan fingerprint density at radius 2 is 1.01 bits per heavy atom. The van der Waals surface area contributed by atoms with Gasteiger partial charge in [0.05, 0.1) is 25.7 Å². The summed E-state index contributed by atoms with van der Waals surface area (Å²) in [4.78, 5) is 155. The summed E-state index contributed by atoms with van der Waals surface area (Å²) in [5.74, 6) is -11.7. The van der Waals surface area contributed by atoms with E-state index in [1.54, 1.807) is 60.8 Å². The Bertz CT molecular complexity index is 3330. The van der Waals surface area contributed by atoms with E-state index >= 15 is 0 Å². The minimum atomic E-state index is -1.87. The number of H-pyrrole nitrogens is 1. The lowest BCUT2D eigenvalue weighted by Crippen LogP contribution is -2.61. The zero-order valence-electron chi connectivity index (χ0n) is 48.6. The number of nitrogens with one attached hydrogen (secondary N) is 9. The number of benzene rings is 4. The molecule has 10 amide bonds. The number of phenolic OH excluding ortho intramolecular Hbond substituents is 2. The van der Waals surface area contributed by atoms with Gasteiger partial charge >= 0.3 is 5.97 Å². The van der Waals surface area contributed by atoms with E-state index in [2.05, 4.69) is 47.5 Å². The second-order valence-corrected chi connectivity index (χ2v) is 21.5. The first kappa shape index (κ1) is 68.1. The zero-order valence-corrected chi connectivity index (χ0v) is 48.6. The highest BCUT2D eigenvalue weighted by Crippen LogP contribution is 2.22. The Morgan fingerprint density at radius 1 is 0.551 bits per heavy atom. The number of rotatable bonds is 31. The summed E-state index contributed by atoms with van der Waals surface area (Å²) < 4.78 is 0. The van der Waals surface area contributed by atoms with Gasteiger partial charge in [-0.05, 0) is 79.3 Å². The lowest BCUT2D eigenvalue weighted by atomic mass is 10.00. The number of nitrogens with two attached hydrogens (primary N) is 2. The smallest absolute Gasteiger partial charge is 0.328 e. The highest BCUT2D eigenvalue weighted by Gasteiger charge is 2.40. The number of likely N-dealkylation sites (tertiary alicyclic amines) is 1. The predicted molar refractivity (Wildman–Crippen MR) is 317 cm³/mol. The number of hydrogen-bond donors (Lipinski definition) is 17. The highest BCUT2D eigenvalue weighted by molar-refractivity contribution is 6.00. The minimum absolute atomic E-state index is 0.0642. The van der Waals surface area contributed by atoms with Crippen molar-refractivity contribution in [3.8, 4) is 11.5 Å². The molecule has 0 radical (unpaired) electrons. The molecule has 5 aromatic rings. The van der Waals surface area contributed by atoms with Gasteiger partial charge in [-0.25, -0.2) is 4.79 Å². The standard InChI is InChI=1S/C60H74N12O17/c1-31(51(79)69-45(25-33-9-4-3-5-10-33)59(87)72-22-8-13-48(72)57(85)71-47(30-74)60(88)89)64-52(80)43(26-36-28-63-40-12-7-6-11-39(36)40)67-54(82)42(24-35-16-20-38(77)21-17-35)65-53(81)41(23-34-14-18-37(76)19-15-34)66-55(83)44(27-49(61)78)68-56(84)46(29-73)70-58(86)50(62)32(2)75/h3-7,9-12,14-21,28,31-32,41-48,50,63,73-77H,8,13,22-27,29-30,62H2,1-2H3,(H2,61,78)(H,64,80)(H,65,81)(H,66,83)(H,67,82)(H,68,84)(H,69,79)(H,70,86)(H,71,85)(H,88,89)/t31-,32+,41-,42-,43-,44-,45-,46-,47-,48-,50-/m0/s1. The van der Waals surface area contributed by atoms with Gasteiger partial charge in [0.15, 0.2) is 0 Å². The van der Waals surface area contributed by atoms with E-state index in [1.807, 2.05) is 0 Å². The highest BCUT2D eigenvalue weighted by atomic mass is 16.4. The number of carboxylic acids is 1. The number of carbonyl (C=O) groups excluding carboxylic acids is 10. The normalized spacial score (nSPS) is 16.2. The van der Waals surface area contributed by atoms with Crippen molar-refractivity contribution in [1.82, 2.24) is 52.4 Å². The Balaban J connectivity index is 1.29. The van der Waals surface area contributed by atoms with Gasteiger partial charge in [-0.3, -0.25) is 47.9 Å². The van der Waals surface area contributed by atoms with Crippen molar-refractivity contribution < 1.29 is 83.4 Å². The van der Waals surface area contributed by atoms with Crippen LogP contribution in [0.5, 0.6) is 11.5 Å². The van der Waals surface area contributed by atoms with Crippen molar-refractivity contribution >= 4 is 75.9 Å². The molecule has 2 heterocycles. The van der Waals surface area contributed by atoms with Crippen LogP contribution in [0.3, 0.4) is 0 Å². The first-order valence-electron chi connectivity index (χ1n) is 28.4. The molecule has 19 N–H and O–H groups in total. The Hall–Kier alpha value is -9.97. The van der Waals surface area contributed by atoms with Crippen LogP contribution in [0.4, 0.5) is 0 Å². The van der Waals surface area contributed by atoms with Crippen molar-refractivity contribution in [2.75, 3.05) is 19.8 Å². The second kappa shape index (κ2) is 32.1. The number of aliphatic hydroxyl groups is 3. The number of aromatic amines is 1. The first-order valence-corrected chi connectivity index (χ1v) is 28.4. The molecule has 0 unspecified atom stereocenters. The van der Waals surface area contributed by atoms with Gasteiger partial charge in [-0.2, -0.15) is 0 Å². The Kier molecular flexibility index (Phi) is 24.6. The summed E-state index contributed by atoms with van der Waals surface area (Å²) in [5, 5.41) is 79.4. The summed E-state index contributed by atoms with van der Waals surface area (Å²) in [7, 11) is 0. The van der Waals surface area contributed by atoms with Crippen LogP contribution in [-0.2, 0) is 78.4 Å². The average Bonchev–Trinajstić information content (AvgIpc) is 2.28. The zero-order chi connectivity index (χ0) is 65.1. The molecule has 29 heteroatoms. The number of carboxylic acid groups (broad SMARTS) is 1. The molecule has 476 valence electrons. The molecule has 11 atom stereocenters. The fourth-order valence-corrected chi connectivity index (χ4v) is 9.75. The predicted octanol–water partition coefficient (Wildman–Crippen LogP) is -3.61. The number of aromatic nitrogens is 1. The van der Waals surface area contributed by atoms with Gasteiger partial charge in [0.25, 0.3) is 0 Å². The number of aliphatic carboxylic acids is 1. The van der Waals surface area contributed by atoms with E-state index < -0.39 is 151 Å². The summed E-state index contributed by atoms with van der Waals surface area (Å²) in [6.07, 6.45) is -1.17. The van der Waals surface area contributed by atoms with E-state index in [-0.39, 0.29) is 50.1 Å². The third-order valence-electron chi connectivity index (χ3n) is 14.7. The molecule has 1 aromatic heterocycles. The van der Waals surface area contributed by atoms with Gasteiger partial charge in [0.1, 0.15) is 71.9 Å². The van der Waals surface area contributed by atoms with Crippen LogP contribution < -0.4 is 54.0 Å². The van der Waals surface area contributed by atoms with E-state index in [0.29, 0.717) is 39.6 Å². The minimum Gasteiger partial charge on any atom is -0.508 e. The van der Waals surface area contributed by atoms with Crippen molar-refractivity contribution in [2.24, 2.45) is 11.5 Å². The number of primary amides is 1. The van der Waals surface area contributed by atoms with Crippen LogP contribution >= 0.6 is 0 Å². The molecule has 29 nitrogen and oxygen atoms in total. The van der Waals surface area contributed by atoms with Crippen LogP contribution in [0.25, 0.3) is 10.9 Å². The molecule has 0 aliphatic carbocycles. The number of phenols is 2. The lowest BCUT2D eigenvalue weighted by Gasteiger charge is -2.30. The fourth-order valence-electron chi connectivity index (χ4n) is 9.75. The maximum atomic E-state index is 15.0. The van der Waals surface area contributed by atoms with Crippen molar-refractivity contribution in [3.63, 3.8) is 0 Å². The summed E-state index contributed by atoms with van der Waals surface area (Å²) in [6.45, 7) is 0.634. The number of carbonyl (C=O) groups is 11. The fraction of sp³-hybridized carbons (Fsp3) is 0.383. The van der Waals surface area contributed by atoms with Crippen LogP contribution in [0, 0.1) is 0 Å². The summed E-state index contributed by atoms with van der Waals surface area (Å²) in [5.41, 5.74) is 13.6. The molecule has 1 saturated heterocycles. The van der Waals surface area contributed by atoms with Gasteiger partial charge < -0.3 is 94.5 Å².